The third-order valence-electron chi connectivity index (χ3n) is 6.00. The molecule has 2 unspecified atom stereocenters. The van der Waals surface area contributed by atoms with E-state index in [1.54, 1.807) is 0 Å². The van der Waals surface area contributed by atoms with Crippen LogP contribution in [0.1, 0.15) is 71.8 Å². The molecule has 2 atom stereocenters. The molecular weight excluding hydrogens is 294 g/mol. The Morgan fingerprint density at radius 2 is 1.79 bits per heavy atom. The average Bonchev–Trinajstić information content (AvgIpc) is 2.56. The van der Waals surface area contributed by atoms with Crippen LogP contribution in [0.2, 0.25) is 0 Å². The number of carbonyl (C=O) groups is 1. The smallest absolute Gasteiger partial charge is 0.228 e. The Morgan fingerprint density at radius 3 is 2.42 bits per heavy atom. The first-order valence-electron chi connectivity index (χ1n) is 9.55. The standard InChI is InChI=1S/C22H35NO/c1-6-18-12-13-22(4,15-14-21(2,3)16-18)20(24)23(5)17-19-10-8-7-9-11-19/h7-11,18H,6,12-17H2,1-5H3. The van der Waals surface area contributed by atoms with Gasteiger partial charge in [-0.25, -0.2) is 0 Å². The Kier molecular flexibility index (Phi) is 6.11. The summed E-state index contributed by atoms with van der Waals surface area (Å²) in [7, 11) is 1.96. The highest BCUT2D eigenvalue weighted by Gasteiger charge is 2.39. The average molecular weight is 330 g/mol. The second-order valence-corrected chi connectivity index (χ2v) is 8.89. The van der Waals surface area contributed by atoms with Crippen LogP contribution in [-0.4, -0.2) is 17.9 Å². The summed E-state index contributed by atoms with van der Waals surface area (Å²) in [4.78, 5) is 15.2. The lowest BCUT2D eigenvalue weighted by Crippen LogP contribution is -2.42. The SMILES string of the molecule is CCC1CCC(C)(C(=O)N(C)Cc2ccccc2)CCC(C)(C)C1. The van der Waals surface area contributed by atoms with Crippen molar-refractivity contribution >= 4 is 5.91 Å². The van der Waals surface area contributed by atoms with Gasteiger partial charge in [-0.2, -0.15) is 0 Å². The van der Waals surface area contributed by atoms with Gasteiger partial charge in [0, 0.05) is 19.0 Å². The molecule has 0 radical (unpaired) electrons. The second kappa shape index (κ2) is 7.72. The molecule has 0 aromatic heterocycles. The number of amides is 1. The maximum absolute atomic E-state index is 13.2. The molecule has 1 aromatic carbocycles. The van der Waals surface area contributed by atoms with Crippen molar-refractivity contribution in [2.45, 2.75) is 72.8 Å². The maximum Gasteiger partial charge on any atom is 0.228 e. The molecule has 1 aliphatic rings. The van der Waals surface area contributed by atoms with Gasteiger partial charge in [0.2, 0.25) is 5.91 Å². The summed E-state index contributed by atoms with van der Waals surface area (Å²) in [5, 5.41) is 0. The monoisotopic (exact) mass is 329 g/mol. The first-order chi connectivity index (χ1) is 11.3. The highest BCUT2D eigenvalue weighted by molar-refractivity contribution is 5.82. The molecule has 1 aromatic rings. The molecule has 0 spiro atoms. The van der Waals surface area contributed by atoms with Gasteiger partial charge in [0.05, 0.1) is 0 Å². The second-order valence-electron chi connectivity index (χ2n) is 8.89. The summed E-state index contributed by atoms with van der Waals surface area (Å²) >= 11 is 0. The maximum atomic E-state index is 13.2. The van der Waals surface area contributed by atoms with Gasteiger partial charge in [-0.3, -0.25) is 4.79 Å². The van der Waals surface area contributed by atoms with Gasteiger partial charge < -0.3 is 4.90 Å². The number of nitrogens with zero attached hydrogens (tertiary/aromatic N) is 1. The highest BCUT2D eigenvalue weighted by atomic mass is 16.2. The Morgan fingerprint density at radius 1 is 1.12 bits per heavy atom. The molecule has 2 nitrogen and oxygen atoms in total. The molecule has 134 valence electrons. The van der Waals surface area contributed by atoms with Gasteiger partial charge in [-0.05, 0) is 49.0 Å². The largest absolute Gasteiger partial charge is 0.341 e. The third-order valence-corrected chi connectivity index (χ3v) is 6.00. The lowest BCUT2D eigenvalue weighted by molar-refractivity contribution is -0.142. The topological polar surface area (TPSA) is 20.3 Å². The van der Waals surface area contributed by atoms with Crippen LogP contribution >= 0.6 is 0 Å². The fourth-order valence-corrected chi connectivity index (χ4v) is 4.20. The summed E-state index contributed by atoms with van der Waals surface area (Å²) < 4.78 is 0. The minimum Gasteiger partial charge on any atom is -0.341 e. The molecular formula is C22H35NO. The van der Waals surface area contributed by atoms with Crippen molar-refractivity contribution in [1.82, 2.24) is 4.90 Å². The number of hydrogen-bond acceptors (Lipinski definition) is 1. The van der Waals surface area contributed by atoms with E-state index in [2.05, 4.69) is 39.8 Å². The molecule has 2 rings (SSSR count). The minimum atomic E-state index is -0.214. The quantitative estimate of drug-likeness (QED) is 0.697. The number of hydrogen-bond donors (Lipinski definition) is 0. The Labute approximate surface area is 148 Å². The van der Waals surface area contributed by atoms with Crippen LogP contribution in [0, 0.1) is 16.7 Å². The molecule has 0 heterocycles. The van der Waals surface area contributed by atoms with Crippen molar-refractivity contribution in [2.75, 3.05) is 7.05 Å². The summed E-state index contributed by atoms with van der Waals surface area (Å²) in [5.41, 5.74) is 1.34. The van der Waals surface area contributed by atoms with E-state index in [9.17, 15) is 4.79 Å². The van der Waals surface area contributed by atoms with Gasteiger partial charge in [0.1, 0.15) is 0 Å². The predicted octanol–water partition coefficient (Wildman–Crippen LogP) is 5.67. The minimum absolute atomic E-state index is 0.214. The summed E-state index contributed by atoms with van der Waals surface area (Å²) in [6, 6.07) is 10.3. The van der Waals surface area contributed by atoms with Crippen molar-refractivity contribution in [1.29, 1.82) is 0 Å². The summed E-state index contributed by atoms with van der Waals surface area (Å²) in [6.45, 7) is 9.95. The van der Waals surface area contributed by atoms with Crippen molar-refractivity contribution < 1.29 is 4.79 Å². The van der Waals surface area contributed by atoms with Gasteiger partial charge in [-0.1, -0.05) is 64.4 Å². The molecule has 24 heavy (non-hydrogen) atoms. The van der Waals surface area contributed by atoms with Crippen LogP contribution in [0.4, 0.5) is 0 Å². The molecule has 0 aliphatic heterocycles. The molecule has 1 saturated carbocycles. The number of rotatable bonds is 4. The molecule has 0 bridgehead atoms. The number of benzene rings is 1. The van der Waals surface area contributed by atoms with Crippen LogP contribution in [0.3, 0.4) is 0 Å². The normalized spacial score (nSPS) is 27.1. The lowest BCUT2D eigenvalue weighted by atomic mass is 9.67. The van der Waals surface area contributed by atoms with E-state index in [-0.39, 0.29) is 5.41 Å². The van der Waals surface area contributed by atoms with E-state index in [1.807, 2.05) is 30.1 Å². The van der Waals surface area contributed by atoms with Crippen molar-refractivity contribution in [3.8, 4) is 0 Å². The zero-order valence-electron chi connectivity index (χ0n) is 16.3. The molecule has 0 saturated heterocycles. The fraction of sp³-hybridized carbons (Fsp3) is 0.682. The first-order valence-corrected chi connectivity index (χ1v) is 9.55. The summed E-state index contributed by atoms with van der Waals surface area (Å²) in [6.07, 6.45) is 6.89. The van der Waals surface area contributed by atoms with E-state index in [0.717, 1.165) is 25.2 Å². The molecule has 1 aliphatic carbocycles. The van der Waals surface area contributed by atoms with Crippen LogP contribution in [0.5, 0.6) is 0 Å². The zero-order valence-corrected chi connectivity index (χ0v) is 16.3. The Bertz CT molecular complexity index is 536. The van der Waals surface area contributed by atoms with E-state index in [0.29, 0.717) is 17.9 Å². The van der Waals surface area contributed by atoms with Gasteiger partial charge >= 0.3 is 0 Å². The predicted molar refractivity (Wildman–Crippen MR) is 102 cm³/mol. The van der Waals surface area contributed by atoms with Gasteiger partial charge in [0.25, 0.3) is 0 Å². The third kappa shape index (κ3) is 4.84. The van der Waals surface area contributed by atoms with Gasteiger partial charge in [-0.15, -0.1) is 0 Å². The van der Waals surface area contributed by atoms with Crippen LogP contribution in [0.25, 0.3) is 0 Å². The fourth-order valence-electron chi connectivity index (χ4n) is 4.20. The van der Waals surface area contributed by atoms with Crippen molar-refractivity contribution in [3.63, 3.8) is 0 Å². The van der Waals surface area contributed by atoms with E-state index in [4.69, 9.17) is 0 Å². The van der Waals surface area contributed by atoms with Crippen LogP contribution in [0.15, 0.2) is 30.3 Å². The van der Waals surface area contributed by atoms with Crippen molar-refractivity contribution in [2.24, 2.45) is 16.7 Å². The van der Waals surface area contributed by atoms with E-state index < -0.39 is 0 Å². The molecule has 2 heteroatoms. The van der Waals surface area contributed by atoms with E-state index in [1.165, 1.54) is 24.8 Å². The molecule has 0 N–H and O–H groups in total. The van der Waals surface area contributed by atoms with Crippen LogP contribution < -0.4 is 0 Å². The highest BCUT2D eigenvalue weighted by Crippen LogP contribution is 2.44. The number of carbonyl (C=O) groups excluding carboxylic acids is 1. The molecule has 1 fully saturated rings. The Hall–Kier alpha value is -1.31. The lowest BCUT2D eigenvalue weighted by Gasteiger charge is -2.40. The molecule has 1 amide bonds. The van der Waals surface area contributed by atoms with Crippen LogP contribution in [-0.2, 0) is 11.3 Å². The van der Waals surface area contributed by atoms with Crippen molar-refractivity contribution in [3.05, 3.63) is 35.9 Å². The zero-order chi connectivity index (χ0) is 17.8. The first kappa shape index (κ1) is 19.0. The van der Waals surface area contributed by atoms with Gasteiger partial charge in [0.15, 0.2) is 0 Å². The summed E-state index contributed by atoms with van der Waals surface area (Å²) in [5.74, 6) is 1.07. The van der Waals surface area contributed by atoms with E-state index >= 15 is 0 Å². The Balaban J connectivity index is 2.10.